The van der Waals surface area contributed by atoms with Gasteiger partial charge in [-0.15, -0.1) is 0 Å². The van der Waals surface area contributed by atoms with Crippen LogP contribution in [0.5, 0.6) is 0 Å². The molecule has 0 spiro atoms. The Kier molecular flexibility index (Phi) is 5.44. The number of aryl methyl sites for hydroxylation is 2. The number of rotatable bonds is 3. The SMILES string of the molecule is Cc1cc(C(F)(F)F)c2c(C)nn(CC(=O)Nc3ccc(Cl)c(C(F)(F)F)c3)c2n1. The molecule has 0 aliphatic rings. The van der Waals surface area contributed by atoms with Crippen molar-refractivity contribution in [1.29, 1.82) is 0 Å². The number of benzene rings is 1. The number of fused-ring (bicyclic) bond motifs is 1. The van der Waals surface area contributed by atoms with Crippen LogP contribution in [0.2, 0.25) is 5.02 Å². The van der Waals surface area contributed by atoms with Crippen molar-refractivity contribution in [3.8, 4) is 0 Å². The molecule has 1 N–H and O–H groups in total. The lowest BCUT2D eigenvalue weighted by atomic mass is 10.1. The van der Waals surface area contributed by atoms with E-state index in [0.29, 0.717) is 6.07 Å². The minimum atomic E-state index is -4.72. The van der Waals surface area contributed by atoms with E-state index in [2.05, 4.69) is 15.4 Å². The molecule has 2 aromatic heterocycles. The third-order valence-electron chi connectivity index (χ3n) is 4.16. The summed E-state index contributed by atoms with van der Waals surface area (Å²) in [6.07, 6.45) is -9.37. The maximum atomic E-state index is 13.4. The maximum absolute atomic E-state index is 13.4. The second-order valence-corrected chi connectivity index (χ2v) is 6.90. The van der Waals surface area contributed by atoms with Crippen LogP contribution in [0.3, 0.4) is 0 Å². The average Bonchev–Trinajstić information content (AvgIpc) is 2.89. The van der Waals surface area contributed by atoms with E-state index >= 15 is 0 Å². The predicted molar refractivity (Wildman–Crippen MR) is 97.1 cm³/mol. The summed E-state index contributed by atoms with van der Waals surface area (Å²) < 4.78 is 79.9. The summed E-state index contributed by atoms with van der Waals surface area (Å²) >= 11 is 5.53. The van der Waals surface area contributed by atoms with E-state index in [0.717, 1.165) is 16.8 Å². The first kappa shape index (κ1) is 21.9. The molecule has 2 heterocycles. The summed E-state index contributed by atoms with van der Waals surface area (Å²) in [5, 5.41) is 5.43. The van der Waals surface area contributed by atoms with Gasteiger partial charge in [0.05, 0.1) is 27.2 Å². The highest BCUT2D eigenvalue weighted by Crippen LogP contribution is 2.37. The molecular weight excluding hydrogens is 438 g/mol. The van der Waals surface area contributed by atoms with Gasteiger partial charge in [-0.25, -0.2) is 9.67 Å². The molecule has 0 fully saturated rings. The molecule has 0 saturated carbocycles. The third kappa shape index (κ3) is 4.35. The van der Waals surface area contributed by atoms with Gasteiger partial charge in [0.25, 0.3) is 0 Å². The largest absolute Gasteiger partial charge is 0.417 e. The number of hydrogen-bond acceptors (Lipinski definition) is 3. The molecule has 0 aliphatic carbocycles. The average molecular weight is 451 g/mol. The van der Waals surface area contributed by atoms with E-state index in [9.17, 15) is 31.1 Å². The summed E-state index contributed by atoms with van der Waals surface area (Å²) in [5.41, 5.74) is -2.30. The summed E-state index contributed by atoms with van der Waals surface area (Å²) in [6, 6.07) is 3.70. The molecule has 30 heavy (non-hydrogen) atoms. The van der Waals surface area contributed by atoms with Gasteiger partial charge in [-0.1, -0.05) is 11.6 Å². The van der Waals surface area contributed by atoms with Crippen molar-refractivity contribution in [3.05, 3.63) is 51.8 Å². The molecule has 3 rings (SSSR count). The lowest BCUT2D eigenvalue weighted by Gasteiger charge is -2.12. The van der Waals surface area contributed by atoms with Gasteiger partial charge in [-0.2, -0.15) is 31.4 Å². The van der Waals surface area contributed by atoms with Gasteiger partial charge in [0.15, 0.2) is 5.65 Å². The van der Waals surface area contributed by atoms with Crippen LogP contribution < -0.4 is 5.32 Å². The van der Waals surface area contributed by atoms with E-state index in [4.69, 9.17) is 11.6 Å². The van der Waals surface area contributed by atoms with Crippen LogP contribution in [0.1, 0.15) is 22.5 Å². The van der Waals surface area contributed by atoms with Gasteiger partial charge in [-0.05, 0) is 38.1 Å². The van der Waals surface area contributed by atoms with Gasteiger partial charge >= 0.3 is 12.4 Å². The number of nitrogens with one attached hydrogen (secondary N) is 1. The fourth-order valence-corrected chi connectivity index (χ4v) is 3.19. The number of halogens is 7. The van der Waals surface area contributed by atoms with Crippen molar-refractivity contribution in [2.45, 2.75) is 32.7 Å². The summed E-state index contributed by atoms with van der Waals surface area (Å²) in [5.74, 6) is -0.799. The van der Waals surface area contributed by atoms with Crippen LogP contribution in [0.4, 0.5) is 32.0 Å². The molecule has 3 aromatic rings. The number of carbonyl (C=O) groups excluding carboxylic acids is 1. The topological polar surface area (TPSA) is 59.8 Å². The number of anilines is 1. The Labute approximate surface area is 170 Å². The van der Waals surface area contributed by atoms with Gasteiger partial charge in [0.2, 0.25) is 5.91 Å². The highest BCUT2D eigenvalue weighted by Gasteiger charge is 2.35. The van der Waals surface area contributed by atoms with Gasteiger partial charge in [0, 0.05) is 11.4 Å². The Morgan fingerprint density at radius 3 is 2.30 bits per heavy atom. The van der Waals surface area contributed by atoms with E-state index < -0.39 is 41.0 Å². The number of carbonyl (C=O) groups is 1. The van der Waals surface area contributed by atoms with Crippen LogP contribution in [0, 0.1) is 13.8 Å². The first-order valence-corrected chi connectivity index (χ1v) is 8.73. The summed E-state index contributed by atoms with van der Waals surface area (Å²) in [7, 11) is 0. The normalized spacial score (nSPS) is 12.4. The fraction of sp³-hybridized carbons (Fsp3) is 0.278. The zero-order valence-electron chi connectivity index (χ0n) is 15.4. The summed E-state index contributed by atoms with van der Waals surface area (Å²) in [4.78, 5) is 16.4. The van der Waals surface area contributed by atoms with Crippen LogP contribution in [-0.2, 0) is 23.7 Å². The van der Waals surface area contributed by atoms with Crippen LogP contribution in [-0.4, -0.2) is 20.7 Å². The smallest absolute Gasteiger partial charge is 0.324 e. The van der Waals surface area contributed by atoms with E-state index in [1.54, 1.807) is 0 Å². The quantitative estimate of drug-likeness (QED) is 0.545. The van der Waals surface area contributed by atoms with Crippen molar-refractivity contribution in [2.24, 2.45) is 0 Å². The number of pyridine rings is 1. The Morgan fingerprint density at radius 2 is 1.70 bits per heavy atom. The van der Waals surface area contributed by atoms with Crippen LogP contribution in [0.25, 0.3) is 11.0 Å². The molecule has 0 bridgehead atoms. The molecule has 0 atom stereocenters. The Morgan fingerprint density at radius 1 is 1.07 bits per heavy atom. The molecule has 1 amide bonds. The van der Waals surface area contributed by atoms with Crippen molar-refractivity contribution in [1.82, 2.24) is 14.8 Å². The highest BCUT2D eigenvalue weighted by atomic mass is 35.5. The number of hydrogen-bond donors (Lipinski definition) is 1. The number of aromatic nitrogens is 3. The number of nitrogens with zero attached hydrogens (tertiary/aromatic N) is 3. The Bertz CT molecular complexity index is 1140. The van der Waals surface area contributed by atoms with E-state index in [-0.39, 0.29) is 28.1 Å². The highest BCUT2D eigenvalue weighted by molar-refractivity contribution is 6.31. The molecule has 12 heteroatoms. The summed E-state index contributed by atoms with van der Waals surface area (Å²) in [6.45, 7) is 2.16. The van der Waals surface area contributed by atoms with Crippen molar-refractivity contribution in [2.75, 3.05) is 5.32 Å². The van der Waals surface area contributed by atoms with Crippen LogP contribution in [0.15, 0.2) is 24.3 Å². The second-order valence-electron chi connectivity index (χ2n) is 6.49. The van der Waals surface area contributed by atoms with Crippen molar-refractivity contribution < 1.29 is 31.1 Å². The minimum absolute atomic E-state index is 0.0171. The van der Waals surface area contributed by atoms with Crippen molar-refractivity contribution >= 4 is 34.2 Å². The first-order chi connectivity index (χ1) is 13.8. The molecule has 0 unspecified atom stereocenters. The molecule has 0 radical (unpaired) electrons. The molecule has 0 saturated heterocycles. The fourth-order valence-electron chi connectivity index (χ4n) is 2.97. The van der Waals surface area contributed by atoms with E-state index in [1.165, 1.54) is 19.9 Å². The first-order valence-electron chi connectivity index (χ1n) is 8.36. The van der Waals surface area contributed by atoms with E-state index in [1.807, 2.05) is 0 Å². The molecular formula is C18H13ClF6N4O. The zero-order valence-corrected chi connectivity index (χ0v) is 16.2. The molecule has 1 aromatic carbocycles. The molecule has 160 valence electrons. The monoisotopic (exact) mass is 450 g/mol. The third-order valence-corrected chi connectivity index (χ3v) is 4.49. The Balaban J connectivity index is 1.92. The second kappa shape index (κ2) is 7.46. The Hall–Kier alpha value is -2.82. The number of amides is 1. The lowest BCUT2D eigenvalue weighted by Crippen LogP contribution is -2.20. The van der Waals surface area contributed by atoms with Crippen molar-refractivity contribution in [3.63, 3.8) is 0 Å². The maximum Gasteiger partial charge on any atom is 0.417 e. The minimum Gasteiger partial charge on any atom is -0.324 e. The number of alkyl halides is 6. The standard InChI is InChI=1S/C18H13ClF6N4O/c1-8-5-12(18(23,24)25)15-9(2)28-29(16(15)26-8)7-14(30)27-10-3-4-13(19)11(6-10)17(20,21)22/h3-6H,7H2,1-2H3,(H,27,30). The zero-order chi connectivity index (χ0) is 22.4. The van der Waals surface area contributed by atoms with Crippen LogP contribution >= 0.6 is 11.6 Å². The van der Waals surface area contributed by atoms with Gasteiger partial charge < -0.3 is 5.32 Å². The van der Waals surface area contributed by atoms with Gasteiger partial charge in [-0.3, -0.25) is 4.79 Å². The van der Waals surface area contributed by atoms with Gasteiger partial charge in [0.1, 0.15) is 6.54 Å². The molecule has 5 nitrogen and oxygen atoms in total. The predicted octanol–water partition coefficient (Wildman–Crippen LogP) is 5.38. The molecule has 0 aliphatic heterocycles. The lowest BCUT2D eigenvalue weighted by molar-refractivity contribution is -0.137.